The van der Waals surface area contributed by atoms with Gasteiger partial charge in [0.15, 0.2) is 0 Å². The number of ether oxygens (including phenoxy) is 1. The Morgan fingerprint density at radius 1 is 1.82 bits per heavy atom. The minimum absolute atomic E-state index is 0.417. The molecule has 3 heteroatoms. The van der Waals surface area contributed by atoms with Crippen molar-refractivity contribution in [3.8, 4) is 0 Å². The summed E-state index contributed by atoms with van der Waals surface area (Å²) in [5.74, 6) is 0. The van der Waals surface area contributed by atoms with Gasteiger partial charge >= 0.3 is 0 Å². The molecule has 2 rings (SSSR count). The Bertz CT molecular complexity index is 216. The van der Waals surface area contributed by atoms with Crippen LogP contribution in [0.4, 0.5) is 0 Å². The van der Waals surface area contributed by atoms with E-state index in [-0.39, 0.29) is 0 Å². The summed E-state index contributed by atoms with van der Waals surface area (Å²) in [6.45, 7) is 3.06. The van der Waals surface area contributed by atoms with Crippen molar-refractivity contribution in [2.24, 2.45) is 0 Å². The van der Waals surface area contributed by atoms with Crippen LogP contribution in [0.25, 0.3) is 0 Å². The minimum atomic E-state index is 0.417. The molecule has 0 aromatic carbocycles. The van der Waals surface area contributed by atoms with Gasteiger partial charge in [-0.15, -0.1) is 0 Å². The molecular formula is C8H12N2O. The van der Waals surface area contributed by atoms with Gasteiger partial charge in [0.25, 0.3) is 0 Å². The largest absolute Gasteiger partial charge is 0.371 e. The summed E-state index contributed by atoms with van der Waals surface area (Å²) in [6.07, 6.45) is 5.31. The molecule has 0 bridgehead atoms. The van der Waals surface area contributed by atoms with Crippen molar-refractivity contribution in [3.05, 3.63) is 18.5 Å². The topological polar surface area (TPSA) is 30.4 Å². The van der Waals surface area contributed by atoms with Crippen LogP contribution < -0.4 is 0 Å². The van der Waals surface area contributed by atoms with Crippen LogP contribution in [0.5, 0.6) is 0 Å². The molecule has 0 radical (unpaired) electrons. The molecule has 0 amide bonds. The van der Waals surface area contributed by atoms with Crippen LogP contribution in [-0.4, -0.2) is 22.5 Å². The number of aromatic nitrogens is 2. The SMILES string of the molecule is CCC(C1CO1)n1cccn1. The predicted octanol–water partition coefficient (Wildman–Crippen LogP) is 1.23. The maximum absolute atomic E-state index is 5.22. The molecule has 1 aromatic rings. The van der Waals surface area contributed by atoms with E-state index in [0.717, 1.165) is 13.0 Å². The second kappa shape index (κ2) is 2.66. The van der Waals surface area contributed by atoms with Crippen molar-refractivity contribution in [1.29, 1.82) is 0 Å². The highest BCUT2D eigenvalue weighted by atomic mass is 16.6. The molecule has 2 unspecified atom stereocenters. The van der Waals surface area contributed by atoms with Gasteiger partial charge in [-0.25, -0.2) is 0 Å². The van der Waals surface area contributed by atoms with Crippen LogP contribution in [-0.2, 0) is 4.74 Å². The monoisotopic (exact) mass is 152 g/mol. The Morgan fingerprint density at radius 2 is 2.64 bits per heavy atom. The van der Waals surface area contributed by atoms with Crippen molar-refractivity contribution in [2.75, 3.05) is 6.61 Å². The van der Waals surface area contributed by atoms with E-state index in [0.29, 0.717) is 12.1 Å². The first-order chi connectivity index (χ1) is 5.42. The number of hydrogen-bond donors (Lipinski definition) is 0. The molecule has 0 saturated carbocycles. The van der Waals surface area contributed by atoms with E-state index in [1.165, 1.54) is 0 Å². The van der Waals surface area contributed by atoms with Crippen molar-refractivity contribution >= 4 is 0 Å². The van der Waals surface area contributed by atoms with Gasteiger partial charge < -0.3 is 4.74 Å². The predicted molar refractivity (Wildman–Crippen MR) is 41.3 cm³/mol. The molecule has 0 spiro atoms. The van der Waals surface area contributed by atoms with Crippen LogP contribution >= 0.6 is 0 Å². The van der Waals surface area contributed by atoms with E-state index in [4.69, 9.17) is 4.74 Å². The third kappa shape index (κ3) is 1.28. The van der Waals surface area contributed by atoms with Crippen LogP contribution in [0.2, 0.25) is 0 Å². The molecule has 0 aliphatic carbocycles. The molecular weight excluding hydrogens is 140 g/mol. The van der Waals surface area contributed by atoms with E-state index in [9.17, 15) is 0 Å². The summed E-state index contributed by atoms with van der Waals surface area (Å²) in [5, 5.41) is 4.19. The highest BCUT2D eigenvalue weighted by molar-refractivity contribution is 4.88. The number of epoxide rings is 1. The summed E-state index contributed by atoms with van der Waals surface area (Å²) in [5.41, 5.74) is 0. The van der Waals surface area contributed by atoms with Crippen molar-refractivity contribution < 1.29 is 4.74 Å². The average Bonchev–Trinajstić information content (AvgIpc) is 2.68. The summed E-state index contributed by atoms with van der Waals surface area (Å²) in [7, 11) is 0. The van der Waals surface area contributed by atoms with Gasteiger partial charge in [-0.3, -0.25) is 4.68 Å². The second-order valence-corrected chi connectivity index (χ2v) is 2.83. The fourth-order valence-corrected chi connectivity index (χ4v) is 1.37. The van der Waals surface area contributed by atoms with E-state index in [2.05, 4.69) is 12.0 Å². The molecule has 1 saturated heterocycles. The Morgan fingerprint density at radius 3 is 3.09 bits per heavy atom. The second-order valence-electron chi connectivity index (χ2n) is 2.83. The van der Waals surface area contributed by atoms with E-state index < -0.39 is 0 Å². The van der Waals surface area contributed by atoms with Crippen LogP contribution in [0.1, 0.15) is 19.4 Å². The highest BCUT2D eigenvalue weighted by Gasteiger charge is 2.32. The first-order valence-corrected chi connectivity index (χ1v) is 4.02. The van der Waals surface area contributed by atoms with Crippen LogP contribution in [0.15, 0.2) is 18.5 Å². The Labute approximate surface area is 66.0 Å². The number of nitrogens with zero attached hydrogens (tertiary/aromatic N) is 2. The van der Waals surface area contributed by atoms with Crippen molar-refractivity contribution in [2.45, 2.75) is 25.5 Å². The Hall–Kier alpha value is -0.830. The smallest absolute Gasteiger partial charge is 0.103 e. The molecule has 2 atom stereocenters. The van der Waals surface area contributed by atoms with E-state index >= 15 is 0 Å². The molecule has 1 aliphatic rings. The number of hydrogen-bond acceptors (Lipinski definition) is 2. The van der Waals surface area contributed by atoms with Gasteiger partial charge in [0, 0.05) is 12.4 Å². The average molecular weight is 152 g/mol. The third-order valence-corrected chi connectivity index (χ3v) is 2.07. The zero-order chi connectivity index (χ0) is 7.68. The van der Waals surface area contributed by atoms with Gasteiger partial charge in [-0.05, 0) is 12.5 Å². The normalized spacial score (nSPS) is 25.0. The lowest BCUT2D eigenvalue weighted by atomic mass is 10.2. The van der Waals surface area contributed by atoms with Gasteiger partial charge in [0.05, 0.1) is 12.6 Å². The molecule has 11 heavy (non-hydrogen) atoms. The maximum Gasteiger partial charge on any atom is 0.103 e. The fourth-order valence-electron chi connectivity index (χ4n) is 1.37. The highest BCUT2D eigenvalue weighted by Crippen LogP contribution is 2.26. The lowest BCUT2D eigenvalue weighted by Crippen LogP contribution is -2.14. The Kier molecular flexibility index (Phi) is 1.66. The summed E-state index contributed by atoms with van der Waals surface area (Å²) < 4.78 is 7.21. The summed E-state index contributed by atoms with van der Waals surface area (Å²) in [4.78, 5) is 0. The third-order valence-electron chi connectivity index (χ3n) is 2.07. The quantitative estimate of drug-likeness (QED) is 0.610. The first-order valence-electron chi connectivity index (χ1n) is 4.02. The standard InChI is InChI=1S/C8H12N2O/c1-2-7(8-6-11-8)10-5-3-4-9-10/h3-5,7-8H,2,6H2,1H3. The summed E-state index contributed by atoms with van der Waals surface area (Å²) >= 11 is 0. The van der Waals surface area contributed by atoms with Crippen LogP contribution in [0, 0.1) is 0 Å². The van der Waals surface area contributed by atoms with Crippen LogP contribution in [0.3, 0.4) is 0 Å². The van der Waals surface area contributed by atoms with Gasteiger partial charge in [-0.1, -0.05) is 6.92 Å². The minimum Gasteiger partial charge on any atom is -0.371 e. The van der Waals surface area contributed by atoms with E-state index in [1.54, 1.807) is 0 Å². The zero-order valence-corrected chi connectivity index (χ0v) is 6.60. The first kappa shape index (κ1) is 6.85. The van der Waals surface area contributed by atoms with Gasteiger partial charge in [0.2, 0.25) is 0 Å². The molecule has 2 heterocycles. The lowest BCUT2D eigenvalue weighted by molar-refractivity contribution is 0.304. The molecule has 1 fully saturated rings. The lowest BCUT2D eigenvalue weighted by Gasteiger charge is -2.11. The summed E-state index contributed by atoms with van der Waals surface area (Å²) in [6, 6.07) is 2.40. The molecule has 3 nitrogen and oxygen atoms in total. The Balaban J connectivity index is 2.11. The van der Waals surface area contributed by atoms with Gasteiger partial charge in [0.1, 0.15) is 6.10 Å². The zero-order valence-electron chi connectivity index (χ0n) is 6.60. The molecule has 0 N–H and O–H groups in total. The van der Waals surface area contributed by atoms with E-state index in [1.807, 2.05) is 23.1 Å². The maximum atomic E-state index is 5.22. The molecule has 60 valence electrons. The molecule has 1 aliphatic heterocycles. The van der Waals surface area contributed by atoms with Crippen molar-refractivity contribution in [3.63, 3.8) is 0 Å². The fraction of sp³-hybridized carbons (Fsp3) is 0.625. The van der Waals surface area contributed by atoms with Crippen molar-refractivity contribution in [1.82, 2.24) is 9.78 Å². The number of rotatable bonds is 3. The molecule has 1 aromatic heterocycles. The van der Waals surface area contributed by atoms with Gasteiger partial charge in [-0.2, -0.15) is 5.10 Å².